The predicted octanol–water partition coefficient (Wildman–Crippen LogP) is -3.94. The minimum absolute atomic E-state index is 0.161. The Balaban J connectivity index is 2.97. The molecule has 15 nitrogen and oxygen atoms in total. The van der Waals surface area contributed by atoms with E-state index in [9.17, 15) is 34.2 Å². The van der Waals surface area contributed by atoms with Crippen molar-refractivity contribution in [1.29, 1.82) is 0 Å². The molecule has 3 amide bonds. The molecule has 1 aromatic rings. The number of imidazole rings is 1. The van der Waals surface area contributed by atoms with Gasteiger partial charge in [0.2, 0.25) is 17.7 Å². The van der Waals surface area contributed by atoms with Crippen LogP contribution in [0.4, 0.5) is 0 Å². The van der Waals surface area contributed by atoms with Gasteiger partial charge in [0.1, 0.15) is 24.2 Å². The molecule has 0 aromatic carbocycles. The molecule has 1 aromatic heterocycles. The number of hydrogen-bond donors (Lipinski definition) is 9. The van der Waals surface area contributed by atoms with Crippen LogP contribution in [0.1, 0.15) is 25.5 Å². The van der Waals surface area contributed by atoms with Crippen LogP contribution in [0.15, 0.2) is 12.5 Å². The average molecular weight is 472 g/mol. The number of carbonyl (C=O) groups excluding carboxylic acids is 3. The van der Waals surface area contributed by atoms with Gasteiger partial charge in [-0.15, -0.1) is 0 Å². The number of nitrogens with one attached hydrogen (secondary N) is 4. The second kappa shape index (κ2) is 13.1. The summed E-state index contributed by atoms with van der Waals surface area (Å²) in [5, 5.41) is 43.7. The highest BCUT2D eigenvalue weighted by Crippen LogP contribution is 2.05. The van der Waals surface area contributed by atoms with Crippen LogP contribution in [-0.2, 0) is 30.4 Å². The highest BCUT2D eigenvalue weighted by molar-refractivity contribution is 5.94. The molecule has 15 heteroatoms. The van der Waals surface area contributed by atoms with Gasteiger partial charge in [-0.2, -0.15) is 0 Å². The maximum absolute atomic E-state index is 12.7. The largest absolute Gasteiger partial charge is 0.481 e. The number of hydrogen-bond acceptors (Lipinski definition) is 9. The molecule has 10 N–H and O–H groups in total. The minimum Gasteiger partial charge on any atom is -0.481 e. The number of carboxylic acids is 2. The summed E-state index contributed by atoms with van der Waals surface area (Å²) in [5.74, 6) is -5.64. The molecule has 0 saturated heterocycles. The fraction of sp³-hybridized carbons (Fsp3) is 0.556. The van der Waals surface area contributed by atoms with E-state index in [1.807, 2.05) is 0 Å². The monoisotopic (exact) mass is 472 g/mol. The maximum atomic E-state index is 12.7. The summed E-state index contributed by atoms with van der Waals surface area (Å²) >= 11 is 0. The first-order chi connectivity index (χ1) is 15.5. The quantitative estimate of drug-likeness (QED) is 0.126. The van der Waals surface area contributed by atoms with Crippen LogP contribution in [0.25, 0.3) is 0 Å². The number of rotatable bonds is 14. The zero-order valence-electron chi connectivity index (χ0n) is 17.7. The number of aliphatic hydroxyl groups is 2. The molecule has 0 radical (unpaired) electrons. The van der Waals surface area contributed by atoms with Gasteiger partial charge >= 0.3 is 11.9 Å². The van der Waals surface area contributed by atoms with E-state index in [0.29, 0.717) is 5.69 Å². The van der Waals surface area contributed by atoms with Crippen LogP contribution in [0.2, 0.25) is 0 Å². The number of H-pyrrole nitrogens is 1. The second-order valence-electron chi connectivity index (χ2n) is 7.19. The van der Waals surface area contributed by atoms with Crippen molar-refractivity contribution in [2.45, 2.75) is 56.5 Å². The highest BCUT2D eigenvalue weighted by Gasteiger charge is 2.32. The topological polar surface area (TPSA) is 257 Å². The van der Waals surface area contributed by atoms with E-state index >= 15 is 0 Å². The van der Waals surface area contributed by atoms with Gasteiger partial charge in [-0.25, -0.2) is 9.78 Å². The zero-order chi connectivity index (χ0) is 25.1. The molecule has 0 saturated carbocycles. The molecule has 0 aliphatic rings. The van der Waals surface area contributed by atoms with Crippen molar-refractivity contribution in [2.24, 2.45) is 5.73 Å². The maximum Gasteiger partial charge on any atom is 0.326 e. The fourth-order valence-corrected chi connectivity index (χ4v) is 2.64. The predicted molar refractivity (Wildman–Crippen MR) is 109 cm³/mol. The molecule has 33 heavy (non-hydrogen) atoms. The molecule has 5 unspecified atom stereocenters. The Morgan fingerprint density at radius 3 is 2.18 bits per heavy atom. The molecular formula is C18H28N6O9. The first-order valence-corrected chi connectivity index (χ1v) is 9.83. The van der Waals surface area contributed by atoms with Crippen LogP contribution in [0.3, 0.4) is 0 Å². The summed E-state index contributed by atoms with van der Waals surface area (Å²) in [6, 6.07) is -5.88. The molecular weight excluding hydrogens is 444 g/mol. The summed E-state index contributed by atoms with van der Waals surface area (Å²) in [6.45, 7) is 0.447. The Hall–Kier alpha value is -3.56. The normalized spacial score (nSPS) is 15.4. The lowest BCUT2D eigenvalue weighted by molar-refractivity contribution is -0.143. The van der Waals surface area contributed by atoms with Crippen molar-refractivity contribution in [3.05, 3.63) is 18.2 Å². The van der Waals surface area contributed by atoms with Gasteiger partial charge in [-0.1, -0.05) is 0 Å². The Morgan fingerprint density at radius 1 is 1.06 bits per heavy atom. The molecule has 0 fully saturated rings. The zero-order valence-corrected chi connectivity index (χ0v) is 17.7. The first kappa shape index (κ1) is 27.5. The lowest BCUT2D eigenvalue weighted by Crippen LogP contribution is -2.60. The number of carboxylic acid groups (broad SMARTS) is 2. The van der Waals surface area contributed by atoms with Crippen molar-refractivity contribution in [1.82, 2.24) is 25.9 Å². The third-order valence-corrected chi connectivity index (χ3v) is 4.47. The molecule has 0 aliphatic heterocycles. The van der Waals surface area contributed by atoms with Gasteiger partial charge in [0, 0.05) is 24.7 Å². The smallest absolute Gasteiger partial charge is 0.326 e. The number of aromatic amines is 1. The minimum atomic E-state index is -1.59. The number of aromatic nitrogens is 2. The van der Waals surface area contributed by atoms with Crippen LogP contribution in [0, 0.1) is 0 Å². The van der Waals surface area contributed by atoms with Crippen LogP contribution in [-0.4, -0.2) is 96.9 Å². The Bertz CT molecular complexity index is 829. The Labute approximate surface area is 187 Å². The van der Waals surface area contributed by atoms with Gasteiger partial charge in [0.25, 0.3) is 0 Å². The lowest BCUT2D eigenvalue weighted by atomic mass is 10.1. The molecule has 0 aliphatic carbocycles. The molecule has 1 heterocycles. The third-order valence-electron chi connectivity index (χ3n) is 4.47. The highest BCUT2D eigenvalue weighted by atomic mass is 16.4. The Morgan fingerprint density at radius 2 is 1.70 bits per heavy atom. The molecule has 184 valence electrons. The van der Waals surface area contributed by atoms with E-state index in [0.717, 1.165) is 0 Å². The molecule has 1 rings (SSSR count). The van der Waals surface area contributed by atoms with Gasteiger partial charge in [-0.05, 0) is 13.3 Å². The van der Waals surface area contributed by atoms with Crippen molar-refractivity contribution in [3.63, 3.8) is 0 Å². The van der Waals surface area contributed by atoms with Gasteiger partial charge < -0.3 is 47.1 Å². The summed E-state index contributed by atoms with van der Waals surface area (Å²) in [4.78, 5) is 66.1. The van der Waals surface area contributed by atoms with Crippen LogP contribution < -0.4 is 21.7 Å². The molecule has 0 bridgehead atoms. The SMILES string of the molecule is CC(O)C(NC(=O)C(N)CO)C(=O)NC(CCC(=O)O)C(=O)NC(Cc1cnc[nH]1)C(=O)O. The van der Waals surface area contributed by atoms with Crippen LogP contribution in [0.5, 0.6) is 0 Å². The fourth-order valence-electron chi connectivity index (χ4n) is 2.64. The third kappa shape index (κ3) is 9.22. The van der Waals surface area contributed by atoms with Crippen molar-refractivity contribution in [2.75, 3.05) is 6.61 Å². The number of nitrogens with two attached hydrogens (primary N) is 1. The number of aliphatic hydroxyl groups excluding tert-OH is 2. The summed E-state index contributed by atoms with van der Waals surface area (Å²) < 4.78 is 0. The second-order valence-corrected chi connectivity index (χ2v) is 7.19. The van der Waals surface area contributed by atoms with E-state index in [2.05, 4.69) is 25.9 Å². The van der Waals surface area contributed by atoms with E-state index in [1.54, 1.807) is 0 Å². The van der Waals surface area contributed by atoms with Gasteiger partial charge in [0.05, 0.1) is 19.0 Å². The Kier molecular flexibility index (Phi) is 10.9. The van der Waals surface area contributed by atoms with Crippen LogP contribution >= 0.6 is 0 Å². The van der Waals surface area contributed by atoms with E-state index in [1.165, 1.54) is 19.4 Å². The summed E-state index contributed by atoms with van der Waals surface area (Å²) in [5.41, 5.74) is 5.78. The van der Waals surface area contributed by atoms with Crippen molar-refractivity contribution < 1.29 is 44.4 Å². The standard InChI is InChI=1S/C18H28N6O9/c1-8(26)14(24-15(29)10(19)6-25)17(31)22-11(2-3-13(27)28)16(30)23-12(18(32)33)4-9-5-20-7-21-9/h5,7-8,10-12,14,25-26H,2-4,6,19H2,1H3,(H,20,21)(H,22,31)(H,23,30)(H,24,29)(H,27,28)(H,32,33). The average Bonchev–Trinajstić information content (AvgIpc) is 3.25. The number of amides is 3. The van der Waals surface area contributed by atoms with Crippen molar-refractivity contribution in [3.8, 4) is 0 Å². The lowest BCUT2D eigenvalue weighted by Gasteiger charge is -2.26. The van der Waals surface area contributed by atoms with Crippen molar-refractivity contribution >= 4 is 29.7 Å². The van der Waals surface area contributed by atoms with Gasteiger partial charge in [0.15, 0.2) is 0 Å². The van der Waals surface area contributed by atoms with Gasteiger partial charge in [-0.3, -0.25) is 19.2 Å². The summed E-state index contributed by atoms with van der Waals surface area (Å²) in [6.07, 6.45) is 0.122. The van der Waals surface area contributed by atoms with E-state index < -0.39 is 79.4 Å². The number of carbonyl (C=O) groups is 5. The molecule has 0 spiro atoms. The first-order valence-electron chi connectivity index (χ1n) is 9.83. The number of aliphatic carboxylic acids is 2. The van der Waals surface area contributed by atoms with E-state index in [-0.39, 0.29) is 6.42 Å². The summed E-state index contributed by atoms with van der Waals surface area (Å²) in [7, 11) is 0. The number of nitrogens with zero attached hydrogens (tertiary/aromatic N) is 1. The molecule has 5 atom stereocenters. The van der Waals surface area contributed by atoms with E-state index in [4.69, 9.17) is 15.9 Å².